The molecule has 10 nitrogen and oxygen atoms in total. The second kappa shape index (κ2) is 15.4. The summed E-state index contributed by atoms with van der Waals surface area (Å²) in [6.45, 7) is 11.8. The van der Waals surface area contributed by atoms with Crippen LogP contribution in [0.3, 0.4) is 0 Å². The van der Waals surface area contributed by atoms with Gasteiger partial charge in [-0.05, 0) is 48.2 Å². The molecular formula is C27H44ClF3N6O4. The minimum atomic E-state index is -3.22. The van der Waals surface area contributed by atoms with Crippen LogP contribution in [-0.2, 0) is 4.74 Å². The summed E-state index contributed by atoms with van der Waals surface area (Å²) in [6, 6.07) is -0.473. The van der Waals surface area contributed by atoms with Crippen molar-refractivity contribution in [2.45, 2.75) is 72.5 Å². The summed E-state index contributed by atoms with van der Waals surface area (Å²) in [5.74, 6) is -4.11. The van der Waals surface area contributed by atoms with Crippen LogP contribution >= 0.6 is 11.6 Å². The van der Waals surface area contributed by atoms with Gasteiger partial charge in [0.05, 0.1) is 12.6 Å². The molecule has 14 heteroatoms. The van der Waals surface area contributed by atoms with Crippen LogP contribution in [-0.4, -0.2) is 103 Å². The molecule has 0 fully saturated rings. The maximum atomic E-state index is 15.2. The fraction of sp³-hybridized carbons (Fsp3) is 0.704. The number of anilines is 1. The van der Waals surface area contributed by atoms with Crippen LogP contribution < -0.4 is 14.4 Å². The maximum Gasteiger partial charge on any atom is 0.410 e. The van der Waals surface area contributed by atoms with Crippen molar-refractivity contribution >= 4 is 34.4 Å². The highest BCUT2D eigenvalue weighted by molar-refractivity contribution is 6.30. The molecule has 0 spiro atoms. The van der Waals surface area contributed by atoms with Gasteiger partial charge in [-0.25, -0.2) is 18.0 Å². The smallest absolute Gasteiger partial charge is 0.410 e. The van der Waals surface area contributed by atoms with E-state index in [0.29, 0.717) is 6.42 Å². The zero-order valence-corrected chi connectivity index (χ0v) is 26.7. The highest BCUT2D eigenvalue weighted by Crippen LogP contribution is 2.37. The number of likely N-dealkylation sites (N-methyl/N-ethyl adjacent to an activating group) is 2. The van der Waals surface area contributed by atoms with Gasteiger partial charge in [-0.2, -0.15) is 15.0 Å². The van der Waals surface area contributed by atoms with Gasteiger partial charge in [-0.1, -0.05) is 32.4 Å². The first-order valence-electron chi connectivity index (χ1n) is 13.5. The van der Waals surface area contributed by atoms with E-state index in [4.69, 9.17) is 25.8 Å². The van der Waals surface area contributed by atoms with Crippen LogP contribution in [0.25, 0.3) is 10.9 Å². The Hall–Kier alpha value is -2.80. The molecule has 1 atom stereocenters. The second-order valence-corrected chi connectivity index (χ2v) is 11.0. The number of fused-ring (bicyclic) bond motifs is 1. The monoisotopic (exact) mass is 608 g/mol. The van der Waals surface area contributed by atoms with Gasteiger partial charge in [0, 0.05) is 27.2 Å². The van der Waals surface area contributed by atoms with Crippen molar-refractivity contribution in [3.8, 4) is 11.9 Å². The molecule has 0 saturated heterocycles. The lowest BCUT2D eigenvalue weighted by Crippen LogP contribution is -2.39. The van der Waals surface area contributed by atoms with Crippen molar-refractivity contribution in [3.05, 3.63) is 11.0 Å². The van der Waals surface area contributed by atoms with E-state index >= 15 is 4.39 Å². The molecule has 2 heterocycles. The number of carbonyl (C=O) groups is 1. The lowest BCUT2D eigenvalue weighted by molar-refractivity contribution is -0.0592. The number of aromatic nitrogens is 3. The first-order chi connectivity index (χ1) is 18.9. The Morgan fingerprint density at radius 1 is 1.05 bits per heavy atom. The summed E-state index contributed by atoms with van der Waals surface area (Å²) in [7, 11) is 6.21. The van der Waals surface area contributed by atoms with E-state index in [1.165, 1.54) is 23.9 Å². The van der Waals surface area contributed by atoms with Crippen LogP contribution in [0.2, 0.25) is 5.15 Å². The molecule has 0 N–H and O–H groups in total. The molecule has 41 heavy (non-hydrogen) atoms. The Kier molecular flexibility index (Phi) is 13.6. The van der Waals surface area contributed by atoms with Crippen molar-refractivity contribution in [2.24, 2.45) is 0 Å². The Bertz CT molecular complexity index is 1150. The third kappa shape index (κ3) is 11.2. The lowest BCUT2D eigenvalue weighted by Gasteiger charge is -2.27. The third-order valence-electron chi connectivity index (χ3n) is 5.36. The van der Waals surface area contributed by atoms with Crippen LogP contribution in [0.1, 0.15) is 54.9 Å². The average molecular weight is 609 g/mol. The zero-order chi connectivity index (χ0) is 31.7. The molecule has 0 saturated carbocycles. The molecule has 2 aromatic rings. The standard InChI is InChI=1S/C25H38ClF3N6O4.C2H6/c1-10-15(2)38-21-16-18(17(27)19(26)31-21)30-22(37-14-25(28,29)13-33(6)7)32-20(16)34(8)11-12-35(9)23(36)39-24(3,4)5;1-2/h15H,10-14H2,1-9H3;1-2H3. The van der Waals surface area contributed by atoms with Gasteiger partial charge in [0.15, 0.2) is 17.6 Å². The molecule has 0 aliphatic carbocycles. The van der Waals surface area contributed by atoms with Crippen molar-refractivity contribution in [1.29, 1.82) is 0 Å². The molecule has 2 rings (SSSR count). The van der Waals surface area contributed by atoms with E-state index in [1.54, 1.807) is 46.7 Å². The Balaban J connectivity index is 0.00000411. The highest BCUT2D eigenvalue weighted by atomic mass is 35.5. The SMILES string of the molecule is CC.CCC(C)Oc1nc(Cl)c(F)c2nc(OCC(F)(F)CN(C)C)nc(N(C)CCN(C)C(=O)OC(C)(C)C)c12. The summed E-state index contributed by atoms with van der Waals surface area (Å²) >= 11 is 6.04. The summed E-state index contributed by atoms with van der Waals surface area (Å²) in [4.78, 5) is 29.1. The molecule has 0 bridgehead atoms. The van der Waals surface area contributed by atoms with Crippen molar-refractivity contribution in [2.75, 3.05) is 59.3 Å². The minimum absolute atomic E-state index is 0.0161. The molecule has 234 valence electrons. The summed E-state index contributed by atoms with van der Waals surface area (Å²) in [5.41, 5.74) is -0.970. The zero-order valence-electron chi connectivity index (χ0n) is 25.9. The number of hydrogen-bond donors (Lipinski definition) is 0. The first kappa shape index (κ1) is 36.2. The molecule has 1 unspecified atom stereocenters. The number of hydrogen-bond acceptors (Lipinski definition) is 9. The van der Waals surface area contributed by atoms with Gasteiger partial charge in [0.25, 0.3) is 5.92 Å². The van der Waals surface area contributed by atoms with Gasteiger partial charge in [0.2, 0.25) is 5.88 Å². The second-order valence-electron chi connectivity index (χ2n) is 10.6. The maximum absolute atomic E-state index is 15.2. The van der Waals surface area contributed by atoms with E-state index < -0.39 is 47.7 Å². The van der Waals surface area contributed by atoms with Crippen molar-refractivity contribution in [1.82, 2.24) is 24.8 Å². The average Bonchev–Trinajstić information content (AvgIpc) is 2.87. The van der Waals surface area contributed by atoms with E-state index in [-0.39, 0.29) is 41.8 Å². The number of ether oxygens (including phenoxy) is 3. The van der Waals surface area contributed by atoms with Crippen LogP contribution in [0.5, 0.6) is 11.9 Å². The minimum Gasteiger partial charge on any atom is -0.474 e. The van der Waals surface area contributed by atoms with Gasteiger partial charge < -0.3 is 28.9 Å². The number of alkyl halides is 2. The fourth-order valence-electron chi connectivity index (χ4n) is 3.29. The van der Waals surface area contributed by atoms with Gasteiger partial charge in [-0.15, -0.1) is 0 Å². The number of carbonyl (C=O) groups excluding carboxylic acids is 1. The van der Waals surface area contributed by atoms with E-state index in [9.17, 15) is 13.6 Å². The summed E-state index contributed by atoms with van der Waals surface area (Å²) in [5, 5.41) is -0.409. The van der Waals surface area contributed by atoms with Crippen molar-refractivity contribution < 1.29 is 32.2 Å². The van der Waals surface area contributed by atoms with E-state index in [1.807, 2.05) is 20.8 Å². The largest absolute Gasteiger partial charge is 0.474 e. The third-order valence-corrected chi connectivity index (χ3v) is 5.61. The topological polar surface area (TPSA) is 93.2 Å². The molecule has 1 amide bonds. The number of halogens is 4. The molecule has 0 radical (unpaired) electrons. The van der Waals surface area contributed by atoms with Gasteiger partial charge >= 0.3 is 12.1 Å². The number of amides is 1. The molecule has 0 aliphatic rings. The summed E-state index contributed by atoms with van der Waals surface area (Å²) in [6.07, 6.45) is -0.220. The Labute approximate surface area is 246 Å². The quantitative estimate of drug-likeness (QED) is 0.273. The van der Waals surface area contributed by atoms with Crippen LogP contribution in [0.15, 0.2) is 0 Å². The normalized spacial score (nSPS) is 12.5. The molecule has 0 aliphatic heterocycles. The number of rotatable bonds is 12. The predicted molar refractivity (Wildman–Crippen MR) is 155 cm³/mol. The lowest BCUT2D eigenvalue weighted by atomic mass is 10.2. The molecular weight excluding hydrogens is 565 g/mol. The van der Waals surface area contributed by atoms with Crippen LogP contribution in [0.4, 0.5) is 23.8 Å². The highest BCUT2D eigenvalue weighted by Gasteiger charge is 2.32. The first-order valence-corrected chi connectivity index (χ1v) is 13.9. The van der Waals surface area contributed by atoms with Gasteiger partial charge in [0.1, 0.15) is 22.3 Å². The van der Waals surface area contributed by atoms with Crippen LogP contribution in [0, 0.1) is 5.82 Å². The molecule has 2 aromatic heterocycles. The van der Waals surface area contributed by atoms with Gasteiger partial charge in [-0.3, -0.25) is 0 Å². The molecule has 0 aromatic carbocycles. The number of pyridine rings is 1. The van der Waals surface area contributed by atoms with E-state index in [2.05, 4.69) is 15.0 Å². The van der Waals surface area contributed by atoms with Crippen molar-refractivity contribution in [3.63, 3.8) is 0 Å². The van der Waals surface area contributed by atoms with E-state index in [0.717, 1.165) is 0 Å². The number of nitrogens with zero attached hydrogens (tertiary/aromatic N) is 6. The Morgan fingerprint density at radius 2 is 1.66 bits per heavy atom. The Morgan fingerprint density at radius 3 is 2.20 bits per heavy atom. The fourth-order valence-corrected chi connectivity index (χ4v) is 3.46. The predicted octanol–water partition coefficient (Wildman–Crippen LogP) is 5.90. The summed E-state index contributed by atoms with van der Waals surface area (Å²) < 4.78 is 60.4.